The van der Waals surface area contributed by atoms with Crippen molar-refractivity contribution in [1.82, 2.24) is 25.0 Å². The highest BCUT2D eigenvalue weighted by Gasteiger charge is 2.18. The highest BCUT2D eigenvalue weighted by atomic mass is 16.1. The number of fused-ring (bicyclic) bond motifs is 1. The largest absolute Gasteiger partial charge is 0.320 e. The molecule has 4 rings (SSSR count). The second kappa shape index (κ2) is 7.96. The van der Waals surface area contributed by atoms with Crippen LogP contribution < -0.4 is 5.32 Å². The van der Waals surface area contributed by atoms with E-state index >= 15 is 0 Å². The zero-order valence-corrected chi connectivity index (χ0v) is 16.5. The van der Waals surface area contributed by atoms with E-state index in [1.54, 1.807) is 0 Å². The molecule has 0 bridgehead atoms. The summed E-state index contributed by atoms with van der Waals surface area (Å²) < 4.78 is 2.22. The Labute approximate surface area is 164 Å². The van der Waals surface area contributed by atoms with Crippen LogP contribution in [0.4, 0.5) is 5.69 Å². The van der Waals surface area contributed by atoms with Crippen molar-refractivity contribution < 1.29 is 4.79 Å². The number of aryl methyl sites for hydroxylation is 3. The Hall–Kier alpha value is -2.96. The highest BCUT2D eigenvalue weighted by Crippen LogP contribution is 2.27. The van der Waals surface area contributed by atoms with Gasteiger partial charge >= 0.3 is 0 Å². The summed E-state index contributed by atoms with van der Waals surface area (Å²) in [6.45, 7) is 5.03. The van der Waals surface area contributed by atoms with Gasteiger partial charge in [0.2, 0.25) is 0 Å². The minimum absolute atomic E-state index is 0.209. The molecule has 3 heterocycles. The number of benzene rings is 1. The van der Waals surface area contributed by atoms with Crippen molar-refractivity contribution in [2.24, 2.45) is 0 Å². The number of hydrogen-bond acceptors (Lipinski definition) is 4. The molecule has 3 aromatic rings. The summed E-state index contributed by atoms with van der Waals surface area (Å²) in [5.41, 5.74) is 4.12. The molecule has 146 valence electrons. The quantitative estimate of drug-likeness (QED) is 0.704. The molecule has 1 aliphatic heterocycles. The number of hydrogen-bond donors (Lipinski definition) is 2. The summed E-state index contributed by atoms with van der Waals surface area (Å²) in [6, 6.07) is 7.85. The summed E-state index contributed by atoms with van der Waals surface area (Å²) in [7, 11) is 0. The fourth-order valence-electron chi connectivity index (χ4n) is 3.66. The first-order valence-corrected chi connectivity index (χ1v) is 10.0. The van der Waals surface area contributed by atoms with Crippen molar-refractivity contribution in [2.75, 3.05) is 5.32 Å². The smallest absolute Gasteiger partial charge is 0.276 e. The van der Waals surface area contributed by atoms with Crippen LogP contribution >= 0.6 is 0 Å². The molecule has 0 unspecified atom stereocenters. The fourth-order valence-corrected chi connectivity index (χ4v) is 3.66. The van der Waals surface area contributed by atoms with Crippen molar-refractivity contribution in [3.8, 4) is 11.4 Å². The molecule has 2 N–H and O–H groups in total. The average Bonchev–Trinajstić information content (AvgIpc) is 3.25. The molecule has 7 heteroatoms. The Balaban J connectivity index is 1.59. The molecule has 1 aromatic carbocycles. The molecule has 0 saturated carbocycles. The second-order valence-electron chi connectivity index (χ2n) is 7.41. The van der Waals surface area contributed by atoms with Gasteiger partial charge in [0.15, 0.2) is 11.5 Å². The van der Waals surface area contributed by atoms with Gasteiger partial charge in [0.1, 0.15) is 5.82 Å². The zero-order valence-electron chi connectivity index (χ0n) is 16.5. The van der Waals surface area contributed by atoms with Gasteiger partial charge in [-0.1, -0.05) is 31.9 Å². The van der Waals surface area contributed by atoms with E-state index in [0.717, 1.165) is 72.8 Å². The fraction of sp³-hybridized carbons (Fsp3) is 0.429. The number of carbonyl (C=O) groups excluding carboxylic acids is 1. The van der Waals surface area contributed by atoms with Crippen LogP contribution in [0, 0.1) is 6.92 Å². The number of aromatic nitrogens is 5. The van der Waals surface area contributed by atoms with E-state index in [0.29, 0.717) is 5.69 Å². The van der Waals surface area contributed by atoms with E-state index < -0.39 is 0 Å². The first-order valence-electron chi connectivity index (χ1n) is 10.0. The van der Waals surface area contributed by atoms with Gasteiger partial charge in [0, 0.05) is 29.9 Å². The van der Waals surface area contributed by atoms with Crippen molar-refractivity contribution in [3.05, 3.63) is 47.0 Å². The third-order valence-corrected chi connectivity index (χ3v) is 5.24. The van der Waals surface area contributed by atoms with Gasteiger partial charge in [-0.05, 0) is 43.9 Å². The molecule has 0 fully saturated rings. The van der Waals surface area contributed by atoms with Gasteiger partial charge in [-0.15, -0.1) is 10.2 Å². The summed E-state index contributed by atoms with van der Waals surface area (Å²) in [5.74, 6) is 1.72. The number of nitrogens with one attached hydrogen (secondary N) is 2. The van der Waals surface area contributed by atoms with E-state index in [1.165, 1.54) is 6.42 Å². The molecule has 0 radical (unpaired) electrons. The Kier molecular flexibility index (Phi) is 5.23. The lowest BCUT2D eigenvalue weighted by Gasteiger charge is -2.11. The third kappa shape index (κ3) is 3.69. The standard InChI is InChI=1S/C21H26N6O/c1-3-7-16-13-18(24-23-16)21(28)22-17-12-15(10-9-14(17)2)20-26-25-19-8-5-4-6-11-27(19)20/h9-10,12-13H,3-8,11H2,1-2H3,(H,22,28)(H,23,24). The van der Waals surface area contributed by atoms with E-state index in [1.807, 2.05) is 31.2 Å². The third-order valence-electron chi connectivity index (χ3n) is 5.24. The number of H-pyrrole nitrogens is 1. The highest BCUT2D eigenvalue weighted by molar-refractivity contribution is 6.03. The predicted octanol–water partition coefficient (Wildman–Crippen LogP) is 3.91. The van der Waals surface area contributed by atoms with E-state index in [-0.39, 0.29) is 5.91 Å². The molecular weight excluding hydrogens is 352 g/mol. The van der Waals surface area contributed by atoms with E-state index in [9.17, 15) is 4.79 Å². The molecule has 7 nitrogen and oxygen atoms in total. The lowest BCUT2D eigenvalue weighted by Crippen LogP contribution is -2.13. The molecule has 0 spiro atoms. The van der Waals surface area contributed by atoms with Gasteiger partial charge in [0.25, 0.3) is 5.91 Å². The number of aromatic amines is 1. The maximum absolute atomic E-state index is 12.6. The minimum Gasteiger partial charge on any atom is -0.320 e. The Bertz CT molecular complexity index is 987. The van der Waals surface area contributed by atoms with Crippen molar-refractivity contribution in [1.29, 1.82) is 0 Å². The monoisotopic (exact) mass is 378 g/mol. The Morgan fingerprint density at radius 2 is 2.11 bits per heavy atom. The van der Waals surface area contributed by atoms with E-state index in [4.69, 9.17) is 0 Å². The first kappa shape index (κ1) is 18.4. The molecule has 0 aliphatic carbocycles. The van der Waals surface area contributed by atoms with Gasteiger partial charge in [-0.25, -0.2) is 0 Å². The van der Waals surface area contributed by atoms with Crippen LogP contribution in [-0.2, 0) is 19.4 Å². The van der Waals surface area contributed by atoms with Gasteiger partial charge in [-0.2, -0.15) is 5.10 Å². The van der Waals surface area contributed by atoms with Crippen LogP contribution in [0.15, 0.2) is 24.3 Å². The lowest BCUT2D eigenvalue weighted by molar-refractivity contribution is 0.102. The molecular formula is C21H26N6O. The van der Waals surface area contributed by atoms with E-state index in [2.05, 4.69) is 37.2 Å². The topological polar surface area (TPSA) is 88.5 Å². The van der Waals surface area contributed by atoms with Crippen LogP contribution in [0.2, 0.25) is 0 Å². The van der Waals surface area contributed by atoms with Gasteiger partial charge in [0.05, 0.1) is 0 Å². The van der Waals surface area contributed by atoms with Gasteiger partial charge in [-0.3, -0.25) is 9.89 Å². The molecule has 2 aromatic heterocycles. The molecule has 1 aliphatic rings. The predicted molar refractivity (Wildman–Crippen MR) is 108 cm³/mol. The Morgan fingerprint density at radius 1 is 1.21 bits per heavy atom. The second-order valence-corrected chi connectivity index (χ2v) is 7.41. The number of anilines is 1. The van der Waals surface area contributed by atoms with Crippen LogP contribution in [0.3, 0.4) is 0 Å². The zero-order chi connectivity index (χ0) is 19.5. The molecule has 28 heavy (non-hydrogen) atoms. The number of rotatable bonds is 5. The SMILES string of the molecule is CCCc1cc(C(=O)Nc2cc(-c3nnc4n3CCCCC4)ccc2C)n[nH]1. The summed E-state index contributed by atoms with van der Waals surface area (Å²) in [5, 5.41) is 18.9. The first-order chi connectivity index (χ1) is 13.7. The van der Waals surface area contributed by atoms with Crippen molar-refractivity contribution >= 4 is 11.6 Å². The maximum atomic E-state index is 12.6. The number of amides is 1. The molecule has 1 amide bonds. The van der Waals surface area contributed by atoms with Crippen LogP contribution in [0.1, 0.15) is 60.2 Å². The molecule has 0 saturated heterocycles. The van der Waals surface area contributed by atoms with Crippen LogP contribution in [-0.4, -0.2) is 30.9 Å². The minimum atomic E-state index is -0.209. The lowest BCUT2D eigenvalue weighted by atomic mass is 10.1. The van der Waals surface area contributed by atoms with Crippen LogP contribution in [0.25, 0.3) is 11.4 Å². The van der Waals surface area contributed by atoms with Crippen molar-refractivity contribution in [3.63, 3.8) is 0 Å². The summed E-state index contributed by atoms with van der Waals surface area (Å²) >= 11 is 0. The number of carbonyl (C=O) groups is 1. The average molecular weight is 378 g/mol. The normalized spacial score (nSPS) is 13.8. The van der Waals surface area contributed by atoms with Crippen LogP contribution in [0.5, 0.6) is 0 Å². The summed E-state index contributed by atoms with van der Waals surface area (Å²) in [6.07, 6.45) is 6.40. The maximum Gasteiger partial charge on any atom is 0.276 e. The number of nitrogens with zero attached hydrogens (tertiary/aromatic N) is 4. The van der Waals surface area contributed by atoms with Crippen molar-refractivity contribution in [2.45, 2.75) is 58.9 Å². The van der Waals surface area contributed by atoms with Gasteiger partial charge < -0.3 is 9.88 Å². The summed E-state index contributed by atoms with van der Waals surface area (Å²) in [4.78, 5) is 12.6. The Morgan fingerprint density at radius 3 is 2.96 bits per heavy atom. The molecule has 0 atom stereocenters.